The molecule has 0 aliphatic carbocycles. The highest BCUT2D eigenvalue weighted by molar-refractivity contribution is 9.10. The van der Waals surface area contributed by atoms with E-state index in [1.54, 1.807) is 19.0 Å². The van der Waals surface area contributed by atoms with Crippen LogP contribution in [0.1, 0.15) is 12.5 Å². The number of amides is 1. The number of nitrogens with two attached hydrogens (primary N) is 1. The molecule has 0 radical (unpaired) electrons. The van der Waals surface area contributed by atoms with Gasteiger partial charge in [-0.3, -0.25) is 4.79 Å². The molecule has 0 aromatic heterocycles. The van der Waals surface area contributed by atoms with Crippen LogP contribution < -0.4 is 10.6 Å². The fourth-order valence-electron chi connectivity index (χ4n) is 1.68. The normalized spacial score (nSPS) is 10.3. The van der Waals surface area contributed by atoms with E-state index in [-0.39, 0.29) is 5.91 Å². The second-order valence-corrected chi connectivity index (χ2v) is 5.20. The lowest BCUT2D eigenvalue weighted by molar-refractivity contribution is -0.127. The van der Waals surface area contributed by atoms with Gasteiger partial charge in [-0.1, -0.05) is 22.0 Å². The maximum Gasteiger partial charge on any atom is 0.241 e. The molecule has 0 saturated carbocycles. The Labute approximate surface area is 117 Å². The van der Waals surface area contributed by atoms with Gasteiger partial charge in [-0.05, 0) is 24.6 Å². The monoisotopic (exact) mass is 313 g/mol. The second kappa shape index (κ2) is 6.75. The van der Waals surface area contributed by atoms with Gasteiger partial charge in [-0.15, -0.1) is 0 Å². The van der Waals surface area contributed by atoms with Crippen LogP contribution in [0, 0.1) is 0 Å². The predicted octanol–water partition coefficient (Wildman–Crippen LogP) is 1.82. The first-order chi connectivity index (χ1) is 8.49. The number of benzene rings is 1. The van der Waals surface area contributed by atoms with Crippen LogP contribution in [0.3, 0.4) is 0 Å². The Morgan fingerprint density at radius 2 is 2.06 bits per heavy atom. The van der Waals surface area contributed by atoms with E-state index in [2.05, 4.69) is 15.9 Å². The smallest absolute Gasteiger partial charge is 0.241 e. The summed E-state index contributed by atoms with van der Waals surface area (Å²) in [6.07, 6.45) is 0. The molecule has 0 aliphatic heterocycles. The summed E-state index contributed by atoms with van der Waals surface area (Å²) in [5.74, 6) is 0.0831. The molecular weight excluding hydrogens is 294 g/mol. The molecule has 0 fully saturated rings. The Morgan fingerprint density at radius 3 is 2.56 bits per heavy atom. The molecule has 0 atom stereocenters. The van der Waals surface area contributed by atoms with Crippen LogP contribution in [0.15, 0.2) is 22.7 Å². The Hall–Kier alpha value is -1.07. The van der Waals surface area contributed by atoms with Crippen LogP contribution in [0.5, 0.6) is 0 Å². The number of hydrogen-bond donors (Lipinski definition) is 1. The summed E-state index contributed by atoms with van der Waals surface area (Å²) in [4.78, 5) is 15.4. The van der Waals surface area contributed by atoms with Gasteiger partial charge >= 0.3 is 0 Å². The summed E-state index contributed by atoms with van der Waals surface area (Å²) >= 11 is 3.46. The lowest BCUT2D eigenvalue weighted by Gasteiger charge is -2.26. The molecule has 0 saturated heterocycles. The third-order valence-corrected chi connectivity index (χ3v) is 3.31. The van der Waals surface area contributed by atoms with E-state index < -0.39 is 0 Å². The van der Waals surface area contributed by atoms with Crippen molar-refractivity contribution in [2.24, 2.45) is 5.73 Å². The molecule has 18 heavy (non-hydrogen) atoms. The second-order valence-electron chi connectivity index (χ2n) is 4.28. The van der Waals surface area contributed by atoms with Crippen LogP contribution in [0.25, 0.3) is 0 Å². The van der Waals surface area contributed by atoms with E-state index in [0.29, 0.717) is 13.1 Å². The Bertz CT molecular complexity index is 421. The molecular formula is C13H20BrN3O. The average molecular weight is 314 g/mol. The van der Waals surface area contributed by atoms with Crippen molar-refractivity contribution in [3.63, 3.8) is 0 Å². The van der Waals surface area contributed by atoms with E-state index in [1.165, 1.54) is 0 Å². The fourth-order valence-corrected chi connectivity index (χ4v) is 2.03. The van der Waals surface area contributed by atoms with Gasteiger partial charge in [-0.2, -0.15) is 0 Å². The van der Waals surface area contributed by atoms with Gasteiger partial charge < -0.3 is 15.5 Å². The number of carbonyl (C=O) groups excluding carboxylic acids is 1. The summed E-state index contributed by atoms with van der Waals surface area (Å²) in [6, 6.07) is 5.96. The van der Waals surface area contributed by atoms with Crippen LogP contribution >= 0.6 is 15.9 Å². The molecule has 0 bridgehead atoms. The summed E-state index contributed by atoms with van der Waals surface area (Å²) in [5.41, 5.74) is 7.81. The molecule has 100 valence electrons. The Balaban J connectivity index is 3.00. The molecule has 1 aromatic rings. The topological polar surface area (TPSA) is 49.6 Å². The highest BCUT2D eigenvalue weighted by Gasteiger charge is 2.14. The Kier molecular flexibility index (Phi) is 5.62. The SMILES string of the molecule is CCN(CC(=O)N(C)C)c1cc(Br)ccc1CN. The zero-order valence-electron chi connectivity index (χ0n) is 11.1. The third kappa shape index (κ3) is 3.71. The minimum atomic E-state index is 0.0831. The van der Waals surface area contributed by atoms with E-state index in [9.17, 15) is 4.79 Å². The number of anilines is 1. The first-order valence-electron chi connectivity index (χ1n) is 5.93. The van der Waals surface area contributed by atoms with Gasteiger partial charge in [0, 0.05) is 37.3 Å². The number of likely N-dealkylation sites (N-methyl/N-ethyl adjacent to an activating group) is 2. The number of rotatable bonds is 5. The van der Waals surface area contributed by atoms with Gasteiger partial charge in [-0.25, -0.2) is 0 Å². The van der Waals surface area contributed by atoms with Crippen molar-refractivity contribution in [2.45, 2.75) is 13.5 Å². The Morgan fingerprint density at radius 1 is 1.39 bits per heavy atom. The quantitative estimate of drug-likeness (QED) is 0.902. The van der Waals surface area contributed by atoms with E-state index in [4.69, 9.17) is 5.73 Å². The maximum atomic E-state index is 11.8. The van der Waals surface area contributed by atoms with Crippen molar-refractivity contribution in [3.05, 3.63) is 28.2 Å². The zero-order chi connectivity index (χ0) is 13.7. The molecule has 0 aliphatic rings. The fraction of sp³-hybridized carbons (Fsp3) is 0.462. The van der Waals surface area contributed by atoms with Gasteiger partial charge in [0.2, 0.25) is 5.91 Å². The third-order valence-electron chi connectivity index (χ3n) is 2.81. The molecule has 1 aromatic carbocycles. The van der Waals surface area contributed by atoms with Gasteiger partial charge in [0.05, 0.1) is 6.54 Å². The first kappa shape index (κ1) is 15.0. The summed E-state index contributed by atoms with van der Waals surface area (Å²) in [5, 5.41) is 0. The average Bonchev–Trinajstić information content (AvgIpc) is 2.35. The van der Waals surface area contributed by atoms with Gasteiger partial charge in [0.15, 0.2) is 0 Å². The number of hydrogen-bond acceptors (Lipinski definition) is 3. The van der Waals surface area contributed by atoms with Crippen molar-refractivity contribution in [3.8, 4) is 0 Å². The lowest BCUT2D eigenvalue weighted by atomic mass is 10.1. The van der Waals surface area contributed by atoms with Crippen molar-refractivity contribution >= 4 is 27.5 Å². The summed E-state index contributed by atoms with van der Waals surface area (Å²) < 4.78 is 0.991. The number of halogens is 1. The molecule has 0 spiro atoms. The molecule has 1 rings (SSSR count). The highest BCUT2D eigenvalue weighted by atomic mass is 79.9. The van der Waals surface area contributed by atoms with Crippen LogP contribution in [-0.2, 0) is 11.3 Å². The van der Waals surface area contributed by atoms with Crippen LogP contribution in [0.4, 0.5) is 5.69 Å². The lowest BCUT2D eigenvalue weighted by Crippen LogP contribution is -2.37. The molecule has 1 amide bonds. The van der Waals surface area contributed by atoms with Crippen LogP contribution in [0.2, 0.25) is 0 Å². The minimum Gasteiger partial charge on any atom is -0.362 e. The molecule has 0 heterocycles. The van der Waals surface area contributed by atoms with Crippen molar-refractivity contribution in [2.75, 3.05) is 32.1 Å². The molecule has 2 N–H and O–H groups in total. The standard InChI is InChI=1S/C13H20BrN3O/c1-4-17(9-13(18)16(2)3)12-7-11(14)6-5-10(12)8-15/h5-7H,4,8-9,15H2,1-3H3. The predicted molar refractivity (Wildman–Crippen MR) is 78.6 cm³/mol. The molecule has 5 heteroatoms. The maximum absolute atomic E-state index is 11.8. The largest absolute Gasteiger partial charge is 0.362 e. The number of carbonyl (C=O) groups is 1. The van der Waals surface area contributed by atoms with Crippen molar-refractivity contribution < 1.29 is 4.79 Å². The summed E-state index contributed by atoms with van der Waals surface area (Å²) in [6.45, 7) is 3.63. The van der Waals surface area contributed by atoms with Gasteiger partial charge in [0.1, 0.15) is 0 Å². The van der Waals surface area contributed by atoms with Crippen molar-refractivity contribution in [1.29, 1.82) is 0 Å². The molecule has 4 nitrogen and oxygen atoms in total. The highest BCUT2D eigenvalue weighted by Crippen LogP contribution is 2.25. The van der Waals surface area contributed by atoms with E-state index in [1.807, 2.05) is 30.0 Å². The van der Waals surface area contributed by atoms with Crippen LogP contribution in [-0.4, -0.2) is 38.0 Å². The van der Waals surface area contributed by atoms with E-state index >= 15 is 0 Å². The number of nitrogens with zero attached hydrogens (tertiary/aromatic N) is 2. The zero-order valence-corrected chi connectivity index (χ0v) is 12.7. The minimum absolute atomic E-state index is 0.0831. The van der Waals surface area contributed by atoms with E-state index in [0.717, 1.165) is 22.3 Å². The molecule has 0 unspecified atom stereocenters. The van der Waals surface area contributed by atoms with Gasteiger partial charge in [0.25, 0.3) is 0 Å². The van der Waals surface area contributed by atoms with Crippen molar-refractivity contribution in [1.82, 2.24) is 4.90 Å². The summed E-state index contributed by atoms with van der Waals surface area (Å²) in [7, 11) is 3.53. The first-order valence-corrected chi connectivity index (χ1v) is 6.72.